The Kier molecular flexibility index (Phi) is 16.9. The maximum Gasteiger partial charge on any atom is 0.259 e. The SMILES string of the molecule is COc1cc(N2C(=O)C(C)(C)N(c3ccc(OCCCCOCCCOCC(=O)N[C@H](C(=O)N4C[C@H](O)C[C@H]4C(=O)NCc4ccc(-c5cnco5)cc4)C(C)(C)C)c(F)c3)C2=S)ccc1C#N. The summed E-state index contributed by atoms with van der Waals surface area (Å²) >= 11 is 5.72. The number of aromatic nitrogens is 1. The van der Waals surface area contributed by atoms with Gasteiger partial charge >= 0.3 is 0 Å². The van der Waals surface area contributed by atoms with Crippen LogP contribution in [0.1, 0.15) is 71.4 Å². The number of nitriles is 1. The fraction of sp³-hybridized carbons (Fsp3) is 0.449. The average molecular weight is 956 g/mol. The molecule has 3 atom stereocenters. The highest BCUT2D eigenvalue weighted by Gasteiger charge is 2.50. The van der Waals surface area contributed by atoms with Crippen molar-refractivity contribution in [3.63, 3.8) is 0 Å². The highest BCUT2D eigenvalue weighted by Crippen LogP contribution is 2.39. The number of β-amino-alcohol motifs (C(OH)–C–C–N with tert-alkyl or cyclic N) is 1. The first kappa shape index (κ1) is 50.9. The van der Waals surface area contributed by atoms with Crippen LogP contribution in [0.4, 0.5) is 15.8 Å². The van der Waals surface area contributed by atoms with Gasteiger partial charge in [0, 0.05) is 62.7 Å². The Morgan fingerprint density at radius 1 is 1.00 bits per heavy atom. The predicted molar refractivity (Wildman–Crippen MR) is 253 cm³/mol. The minimum Gasteiger partial charge on any atom is -0.495 e. The largest absolute Gasteiger partial charge is 0.495 e. The molecule has 0 aliphatic carbocycles. The lowest BCUT2D eigenvalue weighted by atomic mass is 9.85. The molecule has 3 N–H and O–H groups in total. The number of nitrogens with zero attached hydrogens (tertiary/aromatic N) is 5. The number of anilines is 2. The van der Waals surface area contributed by atoms with Crippen molar-refractivity contribution in [3.8, 4) is 28.9 Å². The van der Waals surface area contributed by atoms with E-state index in [0.717, 1.165) is 11.1 Å². The molecule has 4 amide bonds. The lowest BCUT2D eigenvalue weighted by Crippen LogP contribution is -2.58. The van der Waals surface area contributed by atoms with Crippen LogP contribution in [0.2, 0.25) is 0 Å². The van der Waals surface area contributed by atoms with Crippen molar-refractivity contribution in [2.45, 2.75) is 90.6 Å². The summed E-state index contributed by atoms with van der Waals surface area (Å²) in [6, 6.07) is 16.7. The van der Waals surface area contributed by atoms with Crippen molar-refractivity contribution >= 4 is 52.3 Å². The zero-order valence-electron chi connectivity index (χ0n) is 39.1. The van der Waals surface area contributed by atoms with Gasteiger partial charge < -0.3 is 48.9 Å². The summed E-state index contributed by atoms with van der Waals surface area (Å²) in [5.41, 5.74) is 0.913. The summed E-state index contributed by atoms with van der Waals surface area (Å²) in [6.07, 6.45) is 3.89. The molecule has 17 nitrogen and oxygen atoms in total. The number of unbranched alkanes of at least 4 members (excludes halogenated alkanes) is 1. The molecule has 2 aliphatic heterocycles. The molecule has 0 spiro atoms. The van der Waals surface area contributed by atoms with Gasteiger partial charge in [0.2, 0.25) is 17.7 Å². The smallest absolute Gasteiger partial charge is 0.259 e. The van der Waals surface area contributed by atoms with Crippen molar-refractivity contribution in [2.24, 2.45) is 5.41 Å². The van der Waals surface area contributed by atoms with Crippen LogP contribution in [0.15, 0.2) is 77.7 Å². The van der Waals surface area contributed by atoms with E-state index in [0.29, 0.717) is 60.9 Å². The summed E-state index contributed by atoms with van der Waals surface area (Å²) in [6.45, 7) is 9.99. The van der Waals surface area contributed by atoms with E-state index < -0.39 is 52.7 Å². The fourth-order valence-corrected chi connectivity index (χ4v) is 8.43. The lowest BCUT2D eigenvalue weighted by molar-refractivity contribution is -0.144. The van der Waals surface area contributed by atoms with Gasteiger partial charge in [-0.15, -0.1) is 0 Å². The number of ether oxygens (including phenoxy) is 4. The monoisotopic (exact) mass is 955 g/mol. The van der Waals surface area contributed by atoms with Crippen molar-refractivity contribution < 1.29 is 52.0 Å². The fourth-order valence-electron chi connectivity index (χ4n) is 7.91. The van der Waals surface area contributed by atoms with Crippen molar-refractivity contribution in [3.05, 3.63) is 90.2 Å². The molecule has 3 heterocycles. The summed E-state index contributed by atoms with van der Waals surface area (Å²) in [5.74, 6) is -1.34. The van der Waals surface area contributed by atoms with Gasteiger partial charge in [-0.2, -0.15) is 5.26 Å². The van der Waals surface area contributed by atoms with Crippen molar-refractivity contribution in [1.29, 1.82) is 5.26 Å². The summed E-state index contributed by atoms with van der Waals surface area (Å²) in [5, 5.41) is 25.7. The minimum atomic E-state index is -1.14. The third kappa shape index (κ3) is 12.2. The molecule has 2 fully saturated rings. The van der Waals surface area contributed by atoms with E-state index in [1.165, 1.54) is 35.4 Å². The molecule has 68 heavy (non-hydrogen) atoms. The molecule has 3 aromatic carbocycles. The van der Waals surface area contributed by atoms with E-state index >= 15 is 4.39 Å². The molecule has 4 aromatic rings. The Labute approximate surface area is 400 Å². The predicted octanol–water partition coefficient (Wildman–Crippen LogP) is 5.67. The molecule has 362 valence electrons. The number of aliphatic hydroxyl groups is 1. The third-order valence-corrected chi connectivity index (χ3v) is 11.9. The summed E-state index contributed by atoms with van der Waals surface area (Å²) in [4.78, 5) is 62.0. The molecule has 0 bridgehead atoms. The van der Waals surface area contributed by atoms with Crippen LogP contribution in [-0.2, 0) is 35.2 Å². The second-order valence-corrected chi connectivity index (χ2v) is 18.4. The number of oxazole rings is 1. The highest BCUT2D eigenvalue weighted by molar-refractivity contribution is 7.81. The number of amides is 4. The number of likely N-dealkylation sites (tertiary alicyclic amines) is 1. The van der Waals surface area contributed by atoms with E-state index in [-0.39, 0.29) is 56.1 Å². The minimum absolute atomic E-state index is 0.0413. The second-order valence-electron chi connectivity index (χ2n) is 18.0. The summed E-state index contributed by atoms with van der Waals surface area (Å²) in [7, 11) is 1.43. The van der Waals surface area contributed by atoms with E-state index in [9.17, 15) is 29.5 Å². The van der Waals surface area contributed by atoms with Crippen LogP contribution in [-0.4, -0.2) is 114 Å². The molecule has 1 aromatic heterocycles. The average Bonchev–Trinajstić information content (AvgIpc) is 4.03. The maximum absolute atomic E-state index is 15.3. The zero-order valence-corrected chi connectivity index (χ0v) is 39.9. The first-order chi connectivity index (χ1) is 32.4. The number of hydrogen-bond acceptors (Lipinski definition) is 13. The number of thiocarbonyl (C=S) groups is 1. The topological polar surface area (TPSA) is 209 Å². The van der Waals surface area contributed by atoms with Gasteiger partial charge in [0.25, 0.3) is 5.91 Å². The first-order valence-electron chi connectivity index (χ1n) is 22.3. The van der Waals surface area contributed by atoms with Crippen molar-refractivity contribution in [1.82, 2.24) is 20.5 Å². The number of benzene rings is 3. The Bertz CT molecular complexity index is 2470. The van der Waals surface area contributed by atoms with Crippen LogP contribution >= 0.6 is 12.2 Å². The van der Waals surface area contributed by atoms with Gasteiger partial charge in [0.05, 0.1) is 37.3 Å². The quantitative estimate of drug-likeness (QED) is 0.0680. The number of aliphatic hydroxyl groups excluding tert-OH is 1. The molecule has 6 rings (SSSR count). The molecule has 2 saturated heterocycles. The van der Waals surface area contributed by atoms with E-state index in [4.69, 9.17) is 35.6 Å². The molecule has 2 aliphatic rings. The van der Waals surface area contributed by atoms with Gasteiger partial charge in [-0.3, -0.25) is 24.1 Å². The van der Waals surface area contributed by atoms with Crippen LogP contribution in [0.25, 0.3) is 11.3 Å². The third-order valence-electron chi connectivity index (χ3n) is 11.6. The number of rotatable bonds is 21. The number of methoxy groups -OCH3 is 1. The Hall–Kier alpha value is -6.46. The van der Waals surface area contributed by atoms with E-state index in [2.05, 4.69) is 15.6 Å². The molecule has 19 heteroatoms. The zero-order chi connectivity index (χ0) is 49.2. The Morgan fingerprint density at radius 3 is 2.38 bits per heavy atom. The molecule has 0 unspecified atom stereocenters. The van der Waals surface area contributed by atoms with E-state index in [1.54, 1.807) is 49.2 Å². The Morgan fingerprint density at radius 2 is 1.71 bits per heavy atom. The maximum atomic E-state index is 15.3. The number of hydrogen-bond donors (Lipinski definition) is 3. The van der Waals surface area contributed by atoms with Gasteiger partial charge in [0.15, 0.2) is 28.8 Å². The number of carbonyl (C=O) groups is 4. The second kappa shape index (κ2) is 22.6. The van der Waals surface area contributed by atoms with Crippen LogP contribution in [0, 0.1) is 22.6 Å². The molecular weight excluding hydrogens is 898 g/mol. The van der Waals surface area contributed by atoms with Crippen LogP contribution in [0.5, 0.6) is 11.5 Å². The number of halogens is 1. The van der Waals surface area contributed by atoms with Gasteiger partial charge in [0.1, 0.15) is 36.0 Å². The molecule has 0 saturated carbocycles. The van der Waals surface area contributed by atoms with Gasteiger partial charge in [-0.25, -0.2) is 9.37 Å². The van der Waals surface area contributed by atoms with E-state index in [1.807, 2.05) is 51.1 Å². The van der Waals surface area contributed by atoms with Crippen LogP contribution in [0.3, 0.4) is 0 Å². The summed E-state index contributed by atoms with van der Waals surface area (Å²) < 4.78 is 43.0. The van der Waals surface area contributed by atoms with Gasteiger partial charge in [-0.05, 0) is 80.6 Å². The van der Waals surface area contributed by atoms with Gasteiger partial charge in [-0.1, -0.05) is 45.0 Å². The molecular formula is C49H58FN7O10S. The normalized spacial score (nSPS) is 17.2. The lowest BCUT2D eigenvalue weighted by Gasteiger charge is -2.35. The molecule has 0 radical (unpaired) electrons. The standard InChI is InChI=1S/C49H58FN7O10S/c1-48(2,3)43(45(61)55-28-36(58)24-38(55)44(60)53-26-31-10-12-32(13-11-31)41-27-52-30-67-41)54-42(59)29-65-20-9-19-64-18-7-8-21-66-39-17-16-35(22-37(39)50)57-47(68)56(46(62)49(57,4)5)34-15-14-33(25-51)40(23-34)63-6/h10-17,22-23,27,30,36,38,43,58H,7-9,18-21,24,26,28-29H2,1-6H3,(H,53,60)(H,54,59)/t36-,38+,43-/m1/s1. The highest BCUT2D eigenvalue weighted by atomic mass is 32.1. The Balaban J connectivity index is 0.869. The number of carbonyl (C=O) groups excluding carboxylic acids is 4. The number of nitrogens with one attached hydrogen (secondary N) is 2. The van der Waals surface area contributed by atoms with Crippen molar-refractivity contribution in [2.75, 3.05) is 56.5 Å². The first-order valence-corrected chi connectivity index (χ1v) is 22.7. The van der Waals surface area contributed by atoms with Crippen LogP contribution < -0.4 is 29.9 Å².